The molecule has 142 valence electrons. The summed E-state index contributed by atoms with van der Waals surface area (Å²) >= 11 is 0. The zero-order valence-electron chi connectivity index (χ0n) is 16.2. The molecule has 0 radical (unpaired) electrons. The Labute approximate surface area is 162 Å². The smallest absolute Gasteiger partial charge is 0.208 e. The number of benzene rings is 3. The van der Waals surface area contributed by atoms with Crippen molar-refractivity contribution in [3.05, 3.63) is 83.9 Å². The first-order valence-electron chi connectivity index (χ1n) is 9.86. The van der Waals surface area contributed by atoms with Crippen molar-refractivity contribution in [2.24, 2.45) is 0 Å². The second kappa shape index (κ2) is 8.87. The Morgan fingerprint density at radius 1 is 0.926 bits per heavy atom. The van der Waals surface area contributed by atoms with Crippen LogP contribution < -0.4 is 0 Å². The van der Waals surface area contributed by atoms with Crippen LogP contribution in [0.25, 0.3) is 10.8 Å². The number of unbranched alkanes of at least 4 members (excludes halogenated alkanes) is 1. The fourth-order valence-corrected chi connectivity index (χ4v) is 5.82. The second-order valence-corrected chi connectivity index (χ2v) is 10.1. The molecule has 0 heterocycles. The summed E-state index contributed by atoms with van der Waals surface area (Å²) < 4.78 is 13.4. The summed E-state index contributed by atoms with van der Waals surface area (Å²) in [6.45, 7) is 4.14. The van der Waals surface area contributed by atoms with E-state index in [2.05, 4.69) is 43.3 Å². The van der Waals surface area contributed by atoms with Gasteiger partial charge in [-0.05, 0) is 34.2 Å². The van der Waals surface area contributed by atoms with Gasteiger partial charge in [0.05, 0.1) is 0 Å². The second-order valence-electron chi connectivity index (χ2n) is 7.46. The molecule has 3 heteroatoms. The molecule has 0 saturated carbocycles. The molecule has 2 nitrogen and oxygen atoms in total. The minimum atomic E-state index is -3.35. The topological polar surface area (TPSA) is 37.3 Å². The first kappa shape index (κ1) is 19.9. The maximum absolute atomic E-state index is 13.4. The molecule has 0 bridgehead atoms. The zero-order valence-corrected chi connectivity index (χ0v) is 17.1. The van der Waals surface area contributed by atoms with Crippen LogP contribution in [-0.4, -0.2) is 10.6 Å². The summed E-state index contributed by atoms with van der Waals surface area (Å²) in [7, 11) is -3.35. The molecule has 3 unspecified atom stereocenters. The minimum absolute atomic E-state index is 0.0793. The maximum atomic E-state index is 13.4. The highest BCUT2D eigenvalue weighted by molar-refractivity contribution is 7.58. The van der Waals surface area contributed by atoms with Crippen LogP contribution in [-0.2, 0) is 10.7 Å². The van der Waals surface area contributed by atoms with E-state index in [1.54, 1.807) is 0 Å². The Balaban J connectivity index is 1.97. The van der Waals surface area contributed by atoms with Gasteiger partial charge >= 0.3 is 0 Å². The molecule has 1 N–H and O–H groups in total. The summed E-state index contributed by atoms with van der Waals surface area (Å²) in [6.07, 6.45) is 3.32. The van der Waals surface area contributed by atoms with Crippen LogP contribution in [0.1, 0.15) is 50.2 Å². The van der Waals surface area contributed by atoms with E-state index in [-0.39, 0.29) is 17.7 Å². The van der Waals surface area contributed by atoms with Gasteiger partial charge in [-0.3, -0.25) is 4.57 Å². The lowest BCUT2D eigenvalue weighted by Gasteiger charge is -2.29. The Morgan fingerprint density at radius 2 is 1.59 bits per heavy atom. The first-order valence-corrected chi connectivity index (χ1v) is 11.8. The van der Waals surface area contributed by atoms with Crippen LogP contribution in [0.5, 0.6) is 0 Å². The molecule has 0 aromatic heterocycles. The summed E-state index contributed by atoms with van der Waals surface area (Å²) in [5.41, 5.74) is 1.86. The Hall–Kier alpha value is -1.89. The molecular formula is C24H29O2P. The number of rotatable bonds is 8. The standard InChI is InChI=1S/C24H29O2P/c1-3-4-15-22(24-17-10-14-21-13-8-9-16-23(21)24)19(2)27(25,26)18-20-11-6-5-7-12-20/h5-14,16-17,19,22H,3-4,15,18H2,1-2H3,(H,25,26). The summed E-state index contributed by atoms with van der Waals surface area (Å²) in [6, 6.07) is 24.3. The van der Waals surface area contributed by atoms with Gasteiger partial charge in [-0.1, -0.05) is 99.5 Å². The highest BCUT2D eigenvalue weighted by atomic mass is 31.2. The van der Waals surface area contributed by atoms with Crippen molar-refractivity contribution in [1.29, 1.82) is 0 Å². The van der Waals surface area contributed by atoms with E-state index in [1.807, 2.05) is 43.3 Å². The van der Waals surface area contributed by atoms with Crippen LogP contribution >= 0.6 is 7.37 Å². The Bertz CT molecular complexity index is 915. The Morgan fingerprint density at radius 3 is 2.33 bits per heavy atom. The van der Waals surface area contributed by atoms with Crippen molar-refractivity contribution in [3.63, 3.8) is 0 Å². The van der Waals surface area contributed by atoms with Crippen LogP contribution in [0.15, 0.2) is 72.8 Å². The summed E-state index contributed by atoms with van der Waals surface area (Å²) in [5.74, 6) is 0.0793. The molecule has 3 aromatic rings. The third-order valence-electron chi connectivity index (χ3n) is 5.56. The number of hydrogen-bond donors (Lipinski definition) is 1. The van der Waals surface area contributed by atoms with Gasteiger partial charge in [-0.25, -0.2) is 0 Å². The van der Waals surface area contributed by atoms with E-state index >= 15 is 0 Å². The van der Waals surface area contributed by atoms with E-state index < -0.39 is 7.37 Å². The summed E-state index contributed by atoms with van der Waals surface area (Å²) in [4.78, 5) is 11.0. The highest BCUT2D eigenvalue weighted by Gasteiger charge is 2.34. The highest BCUT2D eigenvalue weighted by Crippen LogP contribution is 2.55. The van der Waals surface area contributed by atoms with Crippen LogP contribution in [0.2, 0.25) is 0 Å². The van der Waals surface area contributed by atoms with Gasteiger partial charge in [0.1, 0.15) is 0 Å². The van der Waals surface area contributed by atoms with Crippen molar-refractivity contribution in [3.8, 4) is 0 Å². The molecule has 0 aliphatic rings. The van der Waals surface area contributed by atoms with Gasteiger partial charge in [0, 0.05) is 11.8 Å². The zero-order chi connectivity index (χ0) is 19.3. The third kappa shape index (κ3) is 4.69. The van der Waals surface area contributed by atoms with Crippen LogP contribution in [0, 0.1) is 0 Å². The van der Waals surface area contributed by atoms with Gasteiger partial charge in [0.25, 0.3) is 0 Å². The van der Waals surface area contributed by atoms with Crippen LogP contribution in [0.3, 0.4) is 0 Å². The lowest BCUT2D eigenvalue weighted by atomic mass is 9.87. The van der Waals surface area contributed by atoms with E-state index in [0.29, 0.717) is 0 Å². The third-order valence-corrected chi connectivity index (χ3v) is 8.01. The minimum Gasteiger partial charge on any atom is -0.344 e. The van der Waals surface area contributed by atoms with Gasteiger partial charge < -0.3 is 4.89 Å². The number of fused-ring (bicyclic) bond motifs is 1. The molecule has 3 rings (SSSR count). The molecule has 3 atom stereocenters. The normalized spacial score (nSPS) is 16.0. The predicted molar refractivity (Wildman–Crippen MR) is 116 cm³/mol. The monoisotopic (exact) mass is 380 g/mol. The fourth-order valence-electron chi connectivity index (χ4n) is 3.92. The van der Waals surface area contributed by atoms with E-state index in [4.69, 9.17) is 0 Å². The van der Waals surface area contributed by atoms with Crippen molar-refractivity contribution in [2.45, 2.75) is 50.8 Å². The van der Waals surface area contributed by atoms with Crippen molar-refractivity contribution >= 4 is 18.1 Å². The number of hydrogen-bond acceptors (Lipinski definition) is 1. The molecule has 0 fully saturated rings. The lowest BCUT2D eigenvalue weighted by molar-refractivity contribution is 0.443. The molecule has 3 aromatic carbocycles. The quantitative estimate of drug-likeness (QED) is 0.428. The molecule has 0 spiro atoms. The molecule has 27 heavy (non-hydrogen) atoms. The summed E-state index contributed by atoms with van der Waals surface area (Å²) in [5, 5.41) is 2.40. The molecular weight excluding hydrogens is 351 g/mol. The van der Waals surface area contributed by atoms with Gasteiger partial charge in [-0.15, -0.1) is 0 Å². The lowest BCUT2D eigenvalue weighted by Crippen LogP contribution is -2.17. The fraction of sp³-hybridized carbons (Fsp3) is 0.333. The average molecular weight is 380 g/mol. The molecule has 0 saturated heterocycles. The van der Waals surface area contributed by atoms with Crippen molar-refractivity contribution < 1.29 is 9.46 Å². The molecule has 0 aliphatic carbocycles. The molecule has 0 amide bonds. The maximum Gasteiger partial charge on any atom is 0.208 e. The van der Waals surface area contributed by atoms with Crippen molar-refractivity contribution in [2.75, 3.05) is 0 Å². The van der Waals surface area contributed by atoms with Gasteiger partial charge in [-0.2, -0.15) is 0 Å². The molecule has 0 aliphatic heterocycles. The predicted octanol–water partition coefficient (Wildman–Crippen LogP) is 6.97. The Kier molecular flexibility index (Phi) is 6.52. The first-order chi connectivity index (χ1) is 13.0. The van der Waals surface area contributed by atoms with E-state index in [9.17, 15) is 9.46 Å². The largest absolute Gasteiger partial charge is 0.344 e. The van der Waals surface area contributed by atoms with Gasteiger partial charge in [0.15, 0.2) is 0 Å². The SMILES string of the molecule is CCCCC(c1cccc2ccccc12)C(C)P(=O)(O)Cc1ccccc1. The van der Waals surface area contributed by atoms with Gasteiger partial charge in [0.2, 0.25) is 7.37 Å². The van der Waals surface area contributed by atoms with E-state index in [0.717, 1.165) is 24.8 Å². The van der Waals surface area contributed by atoms with Crippen molar-refractivity contribution in [1.82, 2.24) is 0 Å². The average Bonchev–Trinajstić information content (AvgIpc) is 2.68. The van der Waals surface area contributed by atoms with Crippen LogP contribution in [0.4, 0.5) is 0 Å². The van der Waals surface area contributed by atoms with E-state index in [1.165, 1.54) is 16.3 Å².